The fourth-order valence-corrected chi connectivity index (χ4v) is 1.58. The Morgan fingerprint density at radius 2 is 2.10 bits per heavy atom. The molecule has 1 rings (SSSR count). The van der Waals surface area contributed by atoms with E-state index in [0.29, 0.717) is 5.75 Å². The third-order valence-electron chi connectivity index (χ3n) is 2.88. The number of carboxylic acids is 1. The number of aryl methyl sites for hydroxylation is 2. The van der Waals surface area contributed by atoms with Gasteiger partial charge in [-0.2, -0.15) is 0 Å². The van der Waals surface area contributed by atoms with Gasteiger partial charge in [-0.05, 0) is 43.5 Å². The van der Waals surface area contributed by atoms with Crippen molar-refractivity contribution in [1.82, 2.24) is 5.32 Å². The highest BCUT2D eigenvalue weighted by Gasteiger charge is 2.18. The van der Waals surface area contributed by atoms with Crippen molar-refractivity contribution in [2.45, 2.75) is 26.3 Å². The molecule has 0 aliphatic carbocycles. The van der Waals surface area contributed by atoms with E-state index in [2.05, 4.69) is 11.9 Å². The lowest BCUT2D eigenvalue weighted by atomic mass is 10.1. The first-order chi connectivity index (χ1) is 9.43. The Hall–Kier alpha value is -2.30. The summed E-state index contributed by atoms with van der Waals surface area (Å²) in [5.41, 5.74) is 2.21. The zero-order valence-corrected chi connectivity index (χ0v) is 11.7. The molecule has 0 fully saturated rings. The lowest BCUT2D eigenvalue weighted by Crippen LogP contribution is -2.42. The van der Waals surface area contributed by atoms with Crippen LogP contribution in [0.3, 0.4) is 0 Å². The maximum absolute atomic E-state index is 11.6. The van der Waals surface area contributed by atoms with Crippen molar-refractivity contribution in [3.8, 4) is 5.75 Å². The summed E-state index contributed by atoms with van der Waals surface area (Å²) in [6.45, 7) is 7.17. The molecule has 0 saturated heterocycles. The largest absolute Gasteiger partial charge is 0.484 e. The second-order valence-electron chi connectivity index (χ2n) is 4.52. The van der Waals surface area contributed by atoms with E-state index in [9.17, 15) is 9.59 Å². The molecule has 5 nitrogen and oxygen atoms in total. The van der Waals surface area contributed by atoms with Crippen LogP contribution in [0.5, 0.6) is 5.75 Å². The highest BCUT2D eigenvalue weighted by molar-refractivity contribution is 5.84. The highest BCUT2D eigenvalue weighted by Crippen LogP contribution is 2.16. The lowest BCUT2D eigenvalue weighted by Gasteiger charge is -2.13. The van der Waals surface area contributed by atoms with Crippen molar-refractivity contribution < 1.29 is 19.4 Å². The minimum absolute atomic E-state index is 0.171. The maximum Gasteiger partial charge on any atom is 0.326 e. The van der Waals surface area contributed by atoms with Gasteiger partial charge in [-0.15, -0.1) is 6.58 Å². The Morgan fingerprint density at radius 3 is 2.65 bits per heavy atom. The number of carbonyl (C=O) groups excluding carboxylic acids is 1. The smallest absolute Gasteiger partial charge is 0.326 e. The number of carbonyl (C=O) groups is 2. The average Bonchev–Trinajstić information content (AvgIpc) is 2.39. The molecular weight excluding hydrogens is 258 g/mol. The minimum atomic E-state index is -1.09. The lowest BCUT2D eigenvalue weighted by molar-refractivity contribution is -0.142. The molecule has 0 bridgehead atoms. The summed E-state index contributed by atoms with van der Waals surface area (Å²) in [4.78, 5) is 22.5. The van der Waals surface area contributed by atoms with Gasteiger partial charge in [-0.1, -0.05) is 12.1 Å². The molecule has 1 atom stereocenters. The molecule has 0 saturated carbocycles. The van der Waals surface area contributed by atoms with Crippen LogP contribution >= 0.6 is 0 Å². The van der Waals surface area contributed by atoms with Crippen LogP contribution in [0, 0.1) is 13.8 Å². The van der Waals surface area contributed by atoms with Crippen LogP contribution in [-0.2, 0) is 9.59 Å². The summed E-state index contributed by atoms with van der Waals surface area (Å²) < 4.78 is 5.33. The molecular formula is C15H19NO4. The van der Waals surface area contributed by atoms with E-state index in [1.807, 2.05) is 26.0 Å². The predicted molar refractivity (Wildman–Crippen MR) is 75.8 cm³/mol. The average molecular weight is 277 g/mol. The van der Waals surface area contributed by atoms with Crippen LogP contribution in [0.1, 0.15) is 17.5 Å². The van der Waals surface area contributed by atoms with Crippen LogP contribution in [0.4, 0.5) is 0 Å². The van der Waals surface area contributed by atoms with Crippen molar-refractivity contribution in [3.63, 3.8) is 0 Å². The van der Waals surface area contributed by atoms with Gasteiger partial charge in [-0.3, -0.25) is 4.79 Å². The quantitative estimate of drug-likeness (QED) is 0.745. The third kappa shape index (κ3) is 4.76. The van der Waals surface area contributed by atoms with E-state index >= 15 is 0 Å². The Kier molecular flexibility index (Phi) is 5.77. The summed E-state index contributed by atoms with van der Waals surface area (Å²) in [5.74, 6) is -0.985. The first-order valence-corrected chi connectivity index (χ1v) is 6.27. The normalized spacial score (nSPS) is 11.5. The molecule has 1 unspecified atom stereocenters. The van der Waals surface area contributed by atoms with Gasteiger partial charge in [0.1, 0.15) is 11.8 Å². The van der Waals surface area contributed by atoms with Crippen LogP contribution < -0.4 is 10.1 Å². The van der Waals surface area contributed by atoms with Crippen LogP contribution in [-0.4, -0.2) is 29.6 Å². The summed E-state index contributed by atoms with van der Waals surface area (Å²) in [6.07, 6.45) is 1.62. The number of amides is 1. The van der Waals surface area contributed by atoms with Gasteiger partial charge in [0.15, 0.2) is 6.61 Å². The SMILES string of the molecule is C=CCC(NC(=O)COc1ccc(C)c(C)c1)C(=O)O. The van der Waals surface area contributed by atoms with E-state index < -0.39 is 17.9 Å². The molecule has 2 N–H and O–H groups in total. The van der Waals surface area contributed by atoms with Gasteiger partial charge in [0, 0.05) is 0 Å². The second-order valence-corrected chi connectivity index (χ2v) is 4.52. The Morgan fingerprint density at radius 1 is 1.40 bits per heavy atom. The van der Waals surface area contributed by atoms with E-state index in [-0.39, 0.29) is 13.0 Å². The fraction of sp³-hybridized carbons (Fsp3) is 0.333. The van der Waals surface area contributed by atoms with E-state index in [0.717, 1.165) is 11.1 Å². The summed E-state index contributed by atoms with van der Waals surface area (Å²) >= 11 is 0. The number of aliphatic carboxylic acids is 1. The molecule has 0 radical (unpaired) electrons. The molecule has 0 heterocycles. The Bertz CT molecular complexity index is 511. The molecule has 0 aliphatic rings. The van der Waals surface area contributed by atoms with Gasteiger partial charge in [0.2, 0.25) is 0 Å². The van der Waals surface area contributed by atoms with Gasteiger partial charge in [-0.25, -0.2) is 4.79 Å². The molecule has 0 aromatic heterocycles. The molecule has 1 aromatic rings. The van der Waals surface area contributed by atoms with Crippen molar-refractivity contribution in [2.75, 3.05) is 6.61 Å². The zero-order chi connectivity index (χ0) is 15.1. The van der Waals surface area contributed by atoms with Gasteiger partial charge in [0.05, 0.1) is 0 Å². The van der Waals surface area contributed by atoms with Crippen LogP contribution in [0.25, 0.3) is 0 Å². The first kappa shape index (κ1) is 15.8. The molecule has 5 heteroatoms. The van der Waals surface area contributed by atoms with E-state index in [1.165, 1.54) is 6.08 Å². The zero-order valence-electron chi connectivity index (χ0n) is 11.7. The fourth-order valence-electron chi connectivity index (χ4n) is 1.58. The molecule has 1 aromatic carbocycles. The van der Waals surface area contributed by atoms with Gasteiger partial charge < -0.3 is 15.2 Å². The van der Waals surface area contributed by atoms with Crippen molar-refractivity contribution >= 4 is 11.9 Å². The topological polar surface area (TPSA) is 75.6 Å². The number of hydrogen-bond acceptors (Lipinski definition) is 3. The number of nitrogens with one attached hydrogen (secondary N) is 1. The third-order valence-corrected chi connectivity index (χ3v) is 2.88. The monoisotopic (exact) mass is 277 g/mol. The summed E-state index contributed by atoms with van der Waals surface area (Å²) in [5, 5.41) is 11.3. The van der Waals surface area contributed by atoms with E-state index in [1.54, 1.807) is 6.07 Å². The molecule has 20 heavy (non-hydrogen) atoms. The Labute approximate surface area is 118 Å². The molecule has 0 spiro atoms. The Balaban J connectivity index is 2.52. The highest BCUT2D eigenvalue weighted by atomic mass is 16.5. The summed E-state index contributed by atoms with van der Waals surface area (Å²) in [7, 11) is 0. The number of carboxylic acid groups (broad SMARTS) is 1. The molecule has 1 amide bonds. The second kappa shape index (κ2) is 7.33. The predicted octanol–water partition coefficient (Wildman–Crippen LogP) is 1.83. The van der Waals surface area contributed by atoms with Crippen molar-refractivity contribution in [1.29, 1.82) is 0 Å². The number of ether oxygens (including phenoxy) is 1. The van der Waals surface area contributed by atoms with Gasteiger partial charge in [0.25, 0.3) is 5.91 Å². The number of rotatable bonds is 7. The van der Waals surface area contributed by atoms with E-state index in [4.69, 9.17) is 9.84 Å². The van der Waals surface area contributed by atoms with Crippen molar-refractivity contribution in [2.24, 2.45) is 0 Å². The van der Waals surface area contributed by atoms with Gasteiger partial charge >= 0.3 is 5.97 Å². The standard InChI is InChI=1S/C15H19NO4/c1-4-5-13(15(18)19)16-14(17)9-20-12-7-6-10(2)11(3)8-12/h4,6-8,13H,1,5,9H2,2-3H3,(H,16,17)(H,18,19). The first-order valence-electron chi connectivity index (χ1n) is 6.27. The van der Waals surface area contributed by atoms with Crippen LogP contribution in [0.2, 0.25) is 0 Å². The summed E-state index contributed by atoms with van der Waals surface area (Å²) in [6, 6.07) is 4.54. The molecule has 108 valence electrons. The minimum Gasteiger partial charge on any atom is -0.484 e. The maximum atomic E-state index is 11.6. The van der Waals surface area contributed by atoms with Crippen molar-refractivity contribution in [3.05, 3.63) is 42.0 Å². The number of benzene rings is 1. The van der Waals surface area contributed by atoms with Crippen LogP contribution in [0.15, 0.2) is 30.9 Å². The number of hydrogen-bond donors (Lipinski definition) is 2. The molecule has 0 aliphatic heterocycles.